The van der Waals surface area contributed by atoms with E-state index in [1.807, 2.05) is 18.2 Å². The second kappa shape index (κ2) is 5.39. The number of benzene rings is 1. The first kappa shape index (κ1) is 12.2. The standard InChI is InChI=1S/C13H17Cl2N/c1-9(16-8-10-4-2-5-10)11-6-3-7-12(14)13(11)15/h3,6-7,9-10,16H,2,4-5,8H2,1H3. The zero-order valence-electron chi connectivity index (χ0n) is 9.47. The summed E-state index contributed by atoms with van der Waals surface area (Å²) in [6.07, 6.45) is 4.12. The fourth-order valence-corrected chi connectivity index (χ4v) is 2.48. The van der Waals surface area contributed by atoms with Gasteiger partial charge in [-0.2, -0.15) is 0 Å². The molecule has 88 valence electrons. The average molecular weight is 258 g/mol. The van der Waals surface area contributed by atoms with Crippen molar-refractivity contribution < 1.29 is 0 Å². The molecule has 1 nitrogen and oxygen atoms in total. The molecule has 3 heteroatoms. The molecule has 1 aromatic rings. The molecule has 1 aromatic carbocycles. The molecular formula is C13H17Cl2N. The molecule has 1 atom stereocenters. The van der Waals surface area contributed by atoms with Crippen molar-refractivity contribution in [1.82, 2.24) is 5.32 Å². The van der Waals surface area contributed by atoms with Gasteiger partial charge in [0.2, 0.25) is 0 Å². The predicted octanol–water partition coefficient (Wildman–Crippen LogP) is 4.44. The number of nitrogens with one attached hydrogen (secondary N) is 1. The van der Waals surface area contributed by atoms with Gasteiger partial charge in [-0.1, -0.05) is 41.8 Å². The van der Waals surface area contributed by atoms with Crippen LogP contribution in [0.1, 0.15) is 37.8 Å². The van der Waals surface area contributed by atoms with Gasteiger partial charge >= 0.3 is 0 Å². The van der Waals surface area contributed by atoms with E-state index in [9.17, 15) is 0 Å². The smallest absolute Gasteiger partial charge is 0.0639 e. The Morgan fingerprint density at radius 3 is 2.75 bits per heavy atom. The first-order valence-corrected chi connectivity index (χ1v) is 6.61. The van der Waals surface area contributed by atoms with Crippen LogP contribution in [0.3, 0.4) is 0 Å². The lowest BCUT2D eigenvalue weighted by atomic mass is 9.85. The summed E-state index contributed by atoms with van der Waals surface area (Å²) in [5.74, 6) is 0.861. The summed E-state index contributed by atoms with van der Waals surface area (Å²) in [7, 11) is 0. The highest BCUT2D eigenvalue weighted by Crippen LogP contribution is 2.31. The minimum absolute atomic E-state index is 0.270. The third-order valence-electron chi connectivity index (χ3n) is 3.39. The first-order valence-electron chi connectivity index (χ1n) is 5.85. The number of halogens is 2. The Morgan fingerprint density at radius 2 is 2.12 bits per heavy atom. The van der Waals surface area contributed by atoms with Gasteiger partial charge in [-0.15, -0.1) is 0 Å². The minimum atomic E-state index is 0.270. The van der Waals surface area contributed by atoms with Gasteiger partial charge in [0.25, 0.3) is 0 Å². The Kier molecular flexibility index (Phi) is 4.12. The Bertz CT molecular complexity index is 361. The SMILES string of the molecule is CC(NCC1CCC1)c1cccc(Cl)c1Cl. The van der Waals surface area contributed by atoms with E-state index in [1.165, 1.54) is 19.3 Å². The Balaban J connectivity index is 1.96. The fourth-order valence-electron chi connectivity index (χ4n) is 2.01. The van der Waals surface area contributed by atoms with Crippen LogP contribution in [0.2, 0.25) is 10.0 Å². The molecule has 1 fully saturated rings. The van der Waals surface area contributed by atoms with Crippen LogP contribution in [0, 0.1) is 5.92 Å². The van der Waals surface area contributed by atoms with Gasteiger partial charge in [-0.05, 0) is 43.9 Å². The highest BCUT2D eigenvalue weighted by Gasteiger charge is 2.19. The first-order chi connectivity index (χ1) is 7.68. The third-order valence-corrected chi connectivity index (χ3v) is 4.22. The topological polar surface area (TPSA) is 12.0 Å². The van der Waals surface area contributed by atoms with Gasteiger partial charge in [-0.3, -0.25) is 0 Å². The molecule has 16 heavy (non-hydrogen) atoms. The van der Waals surface area contributed by atoms with E-state index in [4.69, 9.17) is 23.2 Å². The third kappa shape index (κ3) is 2.71. The van der Waals surface area contributed by atoms with E-state index in [0.29, 0.717) is 10.0 Å². The van der Waals surface area contributed by atoms with Gasteiger partial charge in [0, 0.05) is 6.04 Å². The lowest BCUT2D eigenvalue weighted by Crippen LogP contribution is -2.29. The van der Waals surface area contributed by atoms with E-state index in [2.05, 4.69) is 12.2 Å². The van der Waals surface area contributed by atoms with Crippen molar-refractivity contribution in [3.63, 3.8) is 0 Å². The number of rotatable bonds is 4. The van der Waals surface area contributed by atoms with Crippen molar-refractivity contribution in [3.05, 3.63) is 33.8 Å². The summed E-state index contributed by atoms with van der Waals surface area (Å²) in [5, 5.41) is 4.84. The summed E-state index contributed by atoms with van der Waals surface area (Å²) < 4.78 is 0. The molecule has 1 aliphatic carbocycles. The summed E-state index contributed by atoms with van der Waals surface area (Å²) >= 11 is 12.2. The number of hydrogen-bond acceptors (Lipinski definition) is 1. The number of hydrogen-bond donors (Lipinski definition) is 1. The van der Waals surface area contributed by atoms with Crippen LogP contribution < -0.4 is 5.32 Å². The normalized spacial score (nSPS) is 18.2. The predicted molar refractivity (Wildman–Crippen MR) is 70.2 cm³/mol. The monoisotopic (exact) mass is 257 g/mol. The Morgan fingerprint density at radius 1 is 1.38 bits per heavy atom. The van der Waals surface area contributed by atoms with Gasteiger partial charge in [0.15, 0.2) is 0 Å². The van der Waals surface area contributed by atoms with Gasteiger partial charge in [0.05, 0.1) is 10.0 Å². The molecule has 0 aromatic heterocycles. The molecule has 1 unspecified atom stereocenters. The van der Waals surface area contributed by atoms with E-state index < -0.39 is 0 Å². The zero-order chi connectivity index (χ0) is 11.5. The van der Waals surface area contributed by atoms with Crippen molar-refractivity contribution in [1.29, 1.82) is 0 Å². The summed E-state index contributed by atoms with van der Waals surface area (Å²) in [4.78, 5) is 0. The molecule has 0 spiro atoms. The maximum absolute atomic E-state index is 6.18. The van der Waals surface area contributed by atoms with Gasteiger partial charge in [0.1, 0.15) is 0 Å². The quantitative estimate of drug-likeness (QED) is 0.841. The zero-order valence-corrected chi connectivity index (χ0v) is 11.0. The minimum Gasteiger partial charge on any atom is -0.310 e. The van der Waals surface area contributed by atoms with Gasteiger partial charge < -0.3 is 5.32 Å². The van der Waals surface area contributed by atoms with E-state index in [-0.39, 0.29) is 6.04 Å². The largest absolute Gasteiger partial charge is 0.310 e. The molecule has 0 aliphatic heterocycles. The van der Waals surface area contributed by atoms with Crippen molar-refractivity contribution in [3.8, 4) is 0 Å². The highest BCUT2D eigenvalue weighted by atomic mass is 35.5. The lowest BCUT2D eigenvalue weighted by Gasteiger charge is -2.27. The van der Waals surface area contributed by atoms with Crippen LogP contribution in [-0.4, -0.2) is 6.54 Å². The van der Waals surface area contributed by atoms with E-state index in [1.54, 1.807) is 0 Å². The molecule has 0 amide bonds. The van der Waals surface area contributed by atoms with Crippen LogP contribution in [0.15, 0.2) is 18.2 Å². The van der Waals surface area contributed by atoms with Crippen molar-refractivity contribution in [2.75, 3.05) is 6.54 Å². The van der Waals surface area contributed by atoms with E-state index in [0.717, 1.165) is 18.0 Å². The summed E-state index contributed by atoms with van der Waals surface area (Å²) in [6.45, 7) is 3.22. The fraction of sp³-hybridized carbons (Fsp3) is 0.538. The maximum atomic E-state index is 6.18. The maximum Gasteiger partial charge on any atom is 0.0639 e. The molecule has 0 heterocycles. The Labute approximate surface area is 107 Å². The van der Waals surface area contributed by atoms with Crippen LogP contribution in [0.5, 0.6) is 0 Å². The van der Waals surface area contributed by atoms with Crippen LogP contribution >= 0.6 is 23.2 Å². The van der Waals surface area contributed by atoms with Crippen molar-refractivity contribution in [2.24, 2.45) is 5.92 Å². The van der Waals surface area contributed by atoms with Crippen LogP contribution in [0.25, 0.3) is 0 Å². The molecule has 1 saturated carbocycles. The van der Waals surface area contributed by atoms with Crippen LogP contribution in [0.4, 0.5) is 0 Å². The lowest BCUT2D eigenvalue weighted by molar-refractivity contribution is 0.292. The van der Waals surface area contributed by atoms with E-state index >= 15 is 0 Å². The second-order valence-electron chi connectivity index (χ2n) is 4.57. The van der Waals surface area contributed by atoms with Gasteiger partial charge in [-0.25, -0.2) is 0 Å². The van der Waals surface area contributed by atoms with Crippen LogP contribution in [-0.2, 0) is 0 Å². The molecule has 1 N–H and O–H groups in total. The molecule has 0 bridgehead atoms. The summed E-state index contributed by atoms with van der Waals surface area (Å²) in [6, 6.07) is 6.08. The molecular weight excluding hydrogens is 241 g/mol. The average Bonchev–Trinajstić information content (AvgIpc) is 2.19. The second-order valence-corrected chi connectivity index (χ2v) is 5.36. The Hall–Kier alpha value is -0.240. The highest BCUT2D eigenvalue weighted by molar-refractivity contribution is 6.42. The van der Waals surface area contributed by atoms with Crippen molar-refractivity contribution >= 4 is 23.2 Å². The van der Waals surface area contributed by atoms with Crippen molar-refractivity contribution in [2.45, 2.75) is 32.2 Å². The molecule has 0 saturated heterocycles. The molecule has 1 aliphatic rings. The summed E-state index contributed by atoms with van der Waals surface area (Å²) in [5.41, 5.74) is 1.09. The molecule has 2 rings (SSSR count). The molecule has 0 radical (unpaired) electrons.